The second-order valence-electron chi connectivity index (χ2n) is 4.73. The summed E-state index contributed by atoms with van der Waals surface area (Å²) in [7, 11) is 0. The normalized spacial score (nSPS) is 12.9. The SMILES string of the molecule is CC(C)C(NCc1cccs1)c1ccc(F)cc1. The summed E-state index contributed by atoms with van der Waals surface area (Å²) in [5.74, 6) is 0.287. The van der Waals surface area contributed by atoms with E-state index in [0.717, 1.165) is 12.1 Å². The van der Waals surface area contributed by atoms with Crippen LogP contribution in [0.3, 0.4) is 0 Å². The van der Waals surface area contributed by atoms with Crippen molar-refractivity contribution in [3.05, 3.63) is 58.0 Å². The summed E-state index contributed by atoms with van der Waals surface area (Å²) in [5.41, 5.74) is 1.14. The summed E-state index contributed by atoms with van der Waals surface area (Å²) in [4.78, 5) is 1.32. The Hall–Kier alpha value is -1.19. The van der Waals surface area contributed by atoms with Crippen LogP contribution in [0, 0.1) is 11.7 Å². The standard InChI is InChI=1S/C15H18FNS/c1-11(2)15(12-5-7-13(16)8-6-12)17-10-14-4-3-9-18-14/h3-9,11,15,17H,10H2,1-2H3. The summed E-state index contributed by atoms with van der Waals surface area (Å²) in [6.45, 7) is 5.21. The predicted molar refractivity (Wildman–Crippen MR) is 75.1 cm³/mol. The maximum atomic E-state index is 12.9. The molecule has 0 radical (unpaired) electrons. The first kappa shape index (κ1) is 13.2. The molecule has 1 nitrogen and oxygen atoms in total. The molecule has 1 atom stereocenters. The number of halogens is 1. The lowest BCUT2D eigenvalue weighted by atomic mass is 9.96. The Kier molecular flexibility index (Phi) is 4.50. The maximum Gasteiger partial charge on any atom is 0.123 e. The second kappa shape index (κ2) is 6.12. The molecule has 2 aromatic rings. The van der Waals surface area contributed by atoms with Gasteiger partial charge in [0.2, 0.25) is 0 Å². The van der Waals surface area contributed by atoms with E-state index < -0.39 is 0 Å². The van der Waals surface area contributed by atoms with Crippen LogP contribution in [0.5, 0.6) is 0 Å². The lowest BCUT2D eigenvalue weighted by Crippen LogP contribution is -2.25. The summed E-state index contributed by atoms with van der Waals surface area (Å²) in [6.07, 6.45) is 0. The van der Waals surface area contributed by atoms with Gasteiger partial charge in [-0.3, -0.25) is 0 Å². The van der Waals surface area contributed by atoms with Gasteiger partial charge in [-0.15, -0.1) is 11.3 Å². The van der Waals surface area contributed by atoms with E-state index in [9.17, 15) is 4.39 Å². The average molecular weight is 263 g/mol. The molecule has 1 unspecified atom stereocenters. The third kappa shape index (κ3) is 3.40. The van der Waals surface area contributed by atoms with Crippen LogP contribution in [-0.4, -0.2) is 0 Å². The van der Waals surface area contributed by atoms with Gasteiger partial charge < -0.3 is 5.32 Å². The zero-order valence-electron chi connectivity index (χ0n) is 10.7. The molecule has 0 fully saturated rings. The van der Waals surface area contributed by atoms with Gasteiger partial charge in [-0.25, -0.2) is 4.39 Å². The fourth-order valence-corrected chi connectivity index (χ4v) is 2.69. The molecular weight excluding hydrogens is 245 g/mol. The van der Waals surface area contributed by atoms with Crippen molar-refractivity contribution in [2.45, 2.75) is 26.4 Å². The molecule has 0 aliphatic rings. The molecule has 2 rings (SSSR count). The highest BCUT2D eigenvalue weighted by molar-refractivity contribution is 7.09. The van der Waals surface area contributed by atoms with Crippen molar-refractivity contribution in [3.8, 4) is 0 Å². The lowest BCUT2D eigenvalue weighted by molar-refractivity contribution is 0.411. The molecule has 1 heterocycles. The molecule has 3 heteroatoms. The first-order valence-corrected chi connectivity index (χ1v) is 7.06. The van der Waals surface area contributed by atoms with E-state index in [0.29, 0.717) is 5.92 Å². The summed E-state index contributed by atoms with van der Waals surface area (Å²) < 4.78 is 12.9. The Balaban J connectivity index is 2.06. The Morgan fingerprint density at radius 1 is 1.17 bits per heavy atom. The fourth-order valence-electron chi connectivity index (χ4n) is 2.03. The molecule has 0 saturated carbocycles. The minimum absolute atomic E-state index is 0.181. The molecule has 0 saturated heterocycles. The zero-order chi connectivity index (χ0) is 13.0. The van der Waals surface area contributed by atoms with Crippen molar-refractivity contribution < 1.29 is 4.39 Å². The van der Waals surface area contributed by atoms with Crippen LogP contribution in [-0.2, 0) is 6.54 Å². The average Bonchev–Trinajstić information content (AvgIpc) is 2.84. The van der Waals surface area contributed by atoms with Crippen LogP contribution in [0.1, 0.15) is 30.3 Å². The summed E-state index contributed by atoms with van der Waals surface area (Å²) in [5, 5.41) is 5.63. The Labute approximate surface area is 112 Å². The van der Waals surface area contributed by atoms with Crippen molar-refractivity contribution in [1.82, 2.24) is 5.32 Å². The molecule has 18 heavy (non-hydrogen) atoms. The highest BCUT2D eigenvalue weighted by Crippen LogP contribution is 2.23. The van der Waals surface area contributed by atoms with Crippen LogP contribution in [0.25, 0.3) is 0 Å². The van der Waals surface area contributed by atoms with Gasteiger partial charge in [-0.2, -0.15) is 0 Å². The topological polar surface area (TPSA) is 12.0 Å². The number of hydrogen-bond acceptors (Lipinski definition) is 2. The molecule has 0 aliphatic heterocycles. The Morgan fingerprint density at radius 2 is 1.89 bits per heavy atom. The molecule has 1 N–H and O–H groups in total. The highest BCUT2D eigenvalue weighted by atomic mass is 32.1. The fraction of sp³-hybridized carbons (Fsp3) is 0.333. The van der Waals surface area contributed by atoms with E-state index in [4.69, 9.17) is 0 Å². The number of thiophene rings is 1. The van der Waals surface area contributed by atoms with Crippen molar-refractivity contribution in [3.63, 3.8) is 0 Å². The predicted octanol–water partition coefficient (Wildman–Crippen LogP) is 4.37. The van der Waals surface area contributed by atoms with Crippen molar-refractivity contribution in [1.29, 1.82) is 0 Å². The third-order valence-corrected chi connectivity index (χ3v) is 3.85. The molecule has 0 bridgehead atoms. The first-order valence-electron chi connectivity index (χ1n) is 6.18. The second-order valence-corrected chi connectivity index (χ2v) is 5.77. The van der Waals surface area contributed by atoms with E-state index in [1.165, 1.54) is 17.0 Å². The molecule has 96 valence electrons. The van der Waals surface area contributed by atoms with Gasteiger partial charge in [0.25, 0.3) is 0 Å². The maximum absolute atomic E-state index is 12.9. The summed E-state index contributed by atoms with van der Waals surface area (Å²) >= 11 is 1.75. The molecule has 0 amide bonds. The largest absolute Gasteiger partial charge is 0.305 e. The molecule has 0 aliphatic carbocycles. The zero-order valence-corrected chi connectivity index (χ0v) is 11.5. The van der Waals surface area contributed by atoms with Crippen LogP contribution < -0.4 is 5.32 Å². The van der Waals surface area contributed by atoms with Gasteiger partial charge in [-0.05, 0) is 35.1 Å². The van der Waals surface area contributed by atoms with Crippen LogP contribution in [0.4, 0.5) is 4.39 Å². The van der Waals surface area contributed by atoms with Gasteiger partial charge >= 0.3 is 0 Å². The van der Waals surface area contributed by atoms with Crippen molar-refractivity contribution in [2.24, 2.45) is 5.92 Å². The number of nitrogens with one attached hydrogen (secondary N) is 1. The molecule has 0 spiro atoms. The number of hydrogen-bond donors (Lipinski definition) is 1. The van der Waals surface area contributed by atoms with Crippen molar-refractivity contribution in [2.75, 3.05) is 0 Å². The van der Waals surface area contributed by atoms with Gasteiger partial charge in [0, 0.05) is 17.5 Å². The number of rotatable bonds is 5. The smallest absolute Gasteiger partial charge is 0.123 e. The van der Waals surface area contributed by atoms with E-state index >= 15 is 0 Å². The highest BCUT2D eigenvalue weighted by Gasteiger charge is 2.15. The van der Waals surface area contributed by atoms with Gasteiger partial charge in [0.05, 0.1) is 0 Å². The van der Waals surface area contributed by atoms with Crippen LogP contribution in [0.2, 0.25) is 0 Å². The number of benzene rings is 1. The van der Waals surface area contributed by atoms with E-state index in [1.807, 2.05) is 12.1 Å². The van der Waals surface area contributed by atoms with E-state index in [2.05, 4.69) is 36.7 Å². The minimum Gasteiger partial charge on any atom is -0.305 e. The first-order chi connectivity index (χ1) is 8.66. The Bertz CT molecular complexity index is 462. The summed E-state index contributed by atoms with van der Waals surface area (Å²) in [6, 6.07) is 11.2. The van der Waals surface area contributed by atoms with Crippen LogP contribution >= 0.6 is 11.3 Å². The van der Waals surface area contributed by atoms with E-state index in [1.54, 1.807) is 11.3 Å². The van der Waals surface area contributed by atoms with Crippen LogP contribution in [0.15, 0.2) is 41.8 Å². The molecular formula is C15H18FNS. The monoisotopic (exact) mass is 263 g/mol. The molecule has 1 aromatic carbocycles. The third-order valence-electron chi connectivity index (χ3n) is 2.97. The quantitative estimate of drug-likeness (QED) is 0.844. The minimum atomic E-state index is -0.181. The van der Waals surface area contributed by atoms with Gasteiger partial charge in [0.1, 0.15) is 5.82 Å². The Morgan fingerprint density at radius 3 is 2.44 bits per heavy atom. The van der Waals surface area contributed by atoms with Gasteiger partial charge in [0.15, 0.2) is 0 Å². The lowest BCUT2D eigenvalue weighted by Gasteiger charge is -2.22. The van der Waals surface area contributed by atoms with Gasteiger partial charge in [-0.1, -0.05) is 32.0 Å². The molecule has 1 aromatic heterocycles. The van der Waals surface area contributed by atoms with Crippen molar-refractivity contribution >= 4 is 11.3 Å². The van der Waals surface area contributed by atoms with E-state index in [-0.39, 0.29) is 11.9 Å².